The summed E-state index contributed by atoms with van der Waals surface area (Å²) in [4.78, 5) is 92.4. The lowest BCUT2D eigenvalue weighted by Crippen LogP contribution is -2.23. The Labute approximate surface area is 531 Å². The largest absolute Gasteiger partial charge is 0.476 e. The molecule has 2 amide bonds. The Bertz CT molecular complexity index is 4870. The molecule has 0 atom stereocenters. The van der Waals surface area contributed by atoms with Crippen molar-refractivity contribution in [2.45, 2.75) is 53.9 Å². The number of carbonyl (C=O) groups is 2. The predicted molar refractivity (Wildman–Crippen MR) is 343 cm³/mol. The van der Waals surface area contributed by atoms with Gasteiger partial charge >= 0.3 is 0 Å². The van der Waals surface area contributed by atoms with Crippen LogP contribution in [0.15, 0.2) is 104 Å². The van der Waals surface area contributed by atoms with Crippen LogP contribution in [-0.2, 0) is 16.0 Å². The molecule has 9 N–H and O–H groups in total. The van der Waals surface area contributed by atoms with Gasteiger partial charge in [-0.2, -0.15) is 39.9 Å². The van der Waals surface area contributed by atoms with Gasteiger partial charge in [-0.1, -0.05) is 42.5 Å². The summed E-state index contributed by atoms with van der Waals surface area (Å²) in [5.74, 6) is -1.94. The van der Waals surface area contributed by atoms with E-state index in [0.717, 1.165) is 57.9 Å². The first-order valence-electron chi connectivity index (χ1n) is 29.2. The van der Waals surface area contributed by atoms with E-state index in [9.17, 15) is 22.8 Å². The number of amides is 2. The Morgan fingerprint density at radius 2 is 0.904 bits per heavy atom. The van der Waals surface area contributed by atoms with Gasteiger partial charge in [0, 0.05) is 52.7 Å². The molecule has 476 valence electrons. The Morgan fingerprint density at radius 1 is 0.479 bits per heavy atom. The zero-order valence-corrected chi connectivity index (χ0v) is 51.0. The highest BCUT2D eigenvalue weighted by Crippen LogP contribution is 2.33. The van der Waals surface area contributed by atoms with Gasteiger partial charge < -0.3 is 52.1 Å². The predicted octanol–water partition coefficient (Wildman–Crippen LogP) is 8.62. The van der Waals surface area contributed by atoms with Gasteiger partial charge in [0.05, 0.1) is 80.4 Å². The molecule has 0 spiro atoms. The first kappa shape index (κ1) is 63.3. The van der Waals surface area contributed by atoms with Gasteiger partial charge in [0.15, 0.2) is 56.3 Å². The fourth-order valence-corrected chi connectivity index (χ4v) is 9.78. The van der Waals surface area contributed by atoms with Crippen molar-refractivity contribution in [1.29, 1.82) is 0 Å². The van der Waals surface area contributed by atoms with Crippen LogP contribution in [0.5, 0.6) is 23.5 Å². The van der Waals surface area contributed by atoms with Crippen molar-refractivity contribution in [2.75, 3.05) is 66.1 Å². The number of benzene rings is 4. The Hall–Kier alpha value is -12.3. The number of anilines is 6. The number of aromatic nitrogens is 16. The van der Waals surface area contributed by atoms with Crippen molar-refractivity contribution in [1.82, 2.24) is 79.7 Å². The summed E-state index contributed by atoms with van der Waals surface area (Å²) in [6.45, 7) is 11.8. The standard InChI is InChI=1S/C18H18N6O2.C16H14N6O2.C15H15N5O.C14H10F3N5O/c1-2-26-17-15-16(22-18(19)23-17)20-10-13(21-15)11-5-7-12(8-6-11)24-9-3-4-14(24)25;1-2-24-15-13-14(21-16(17)22-15)18-7-11(20-13)8-3-4-10-9(5-8)6-12(23)19-10;1-3-21-14-12-13(19-15(16)20-14)17-8-11(18-12)10-7-5-4-6-9(10)2;1-2-23-13-11-12(21-14(18)22-13)19-5-10(20-11)6-3-8(16)9(17)4-7(6)15/h5-8,10H,2-4,9H2,1H3,(H2,19,20,22,23);3-5,7H,2,6H2,1H3,(H,19,23)(H2,17,18,21,22);4-8H,3H2,1-2H3,(H2,16,17,19,20);3-5H,2H2,1H3,(H2,18,19,21,22). The van der Waals surface area contributed by atoms with Gasteiger partial charge in [0.2, 0.25) is 59.1 Å². The summed E-state index contributed by atoms with van der Waals surface area (Å²) in [5.41, 5.74) is 33.9. The number of carbonyl (C=O) groups excluding carboxylic acids is 2. The van der Waals surface area contributed by atoms with Gasteiger partial charge in [0.1, 0.15) is 5.82 Å². The lowest BCUT2D eigenvalue weighted by Gasteiger charge is -2.15. The average Bonchev–Trinajstić information content (AvgIpc) is 1.11. The van der Waals surface area contributed by atoms with E-state index < -0.39 is 17.5 Å². The van der Waals surface area contributed by atoms with Crippen LogP contribution >= 0.6 is 0 Å². The molecule has 1 fully saturated rings. The van der Waals surface area contributed by atoms with Crippen LogP contribution in [-0.4, -0.2) is 125 Å². The molecule has 10 heterocycles. The van der Waals surface area contributed by atoms with E-state index in [1.54, 1.807) is 30.4 Å². The molecule has 0 bridgehead atoms. The van der Waals surface area contributed by atoms with Crippen LogP contribution < -0.4 is 52.1 Å². The fourth-order valence-electron chi connectivity index (χ4n) is 9.78. The number of nitrogens with one attached hydrogen (secondary N) is 1. The molecule has 0 saturated carbocycles. The van der Waals surface area contributed by atoms with E-state index in [0.29, 0.717) is 107 Å². The minimum Gasteiger partial charge on any atom is -0.476 e. The summed E-state index contributed by atoms with van der Waals surface area (Å²) < 4.78 is 62.1. The van der Waals surface area contributed by atoms with E-state index in [1.165, 1.54) is 6.20 Å². The van der Waals surface area contributed by atoms with Crippen molar-refractivity contribution in [3.63, 3.8) is 0 Å². The lowest BCUT2D eigenvalue weighted by molar-refractivity contribution is -0.117. The summed E-state index contributed by atoms with van der Waals surface area (Å²) in [7, 11) is 0. The molecule has 28 nitrogen and oxygen atoms in total. The number of nitrogens with two attached hydrogens (primary N) is 4. The summed E-state index contributed by atoms with van der Waals surface area (Å²) >= 11 is 0. The molecule has 0 aliphatic carbocycles. The highest BCUT2D eigenvalue weighted by molar-refractivity contribution is 6.00. The number of ether oxygens (including phenoxy) is 4. The van der Waals surface area contributed by atoms with Crippen LogP contribution in [0.1, 0.15) is 51.7 Å². The van der Waals surface area contributed by atoms with E-state index in [2.05, 4.69) is 85.1 Å². The van der Waals surface area contributed by atoms with Crippen molar-refractivity contribution in [2.24, 2.45) is 0 Å². The third kappa shape index (κ3) is 14.0. The second-order valence-corrected chi connectivity index (χ2v) is 20.3. The molecular weight excluding hydrogens is 1220 g/mol. The monoisotopic (exact) mass is 1270 g/mol. The van der Waals surface area contributed by atoms with Gasteiger partial charge in [0.25, 0.3) is 0 Å². The number of halogens is 3. The van der Waals surface area contributed by atoms with Gasteiger partial charge in [-0.25, -0.2) is 53.0 Å². The first-order valence-corrected chi connectivity index (χ1v) is 29.2. The van der Waals surface area contributed by atoms with Crippen LogP contribution in [0.25, 0.3) is 89.7 Å². The maximum atomic E-state index is 13.9. The highest BCUT2D eigenvalue weighted by atomic mass is 19.2. The number of hydrogen-bond donors (Lipinski definition) is 5. The molecule has 8 aromatic heterocycles. The van der Waals surface area contributed by atoms with E-state index in [-0.39, 0.29) is 70.5 Å². The third-order valence-corrected chi connectivity index (χ3v) is 14.0. The molecule has 1 saturated heterocycles. The minimum absolute atomic E-state index is 0.00532. The average molecular weight is 1280 g/mol. The van der Waals surface area contributed by atoms with E-state index >= 15 is 0 Å². The number of fused-ring (bicyclic) bond motifs is 5. The van der Waals surface area contributed by atoms with E-state index in [4.69, 9.17) is 41.9 Å². The van der Waals surface area contributed by atoms with Crippen molar-refractivity contribution >= 4 is 91.6 Å². The second-order valence-electron chi connectivity index (χ2n) is 20.3. The van der Waals surface area contributed by atoms with Crippen molar-refractivity contribution in [3.05, 3.63) is 132 Å². The number of nitrogen functional groups attached to an aromatic ring is 4. The molecule has 94 heavy (non-hydrogen) atoms. The van der Waals surface area contributed by atoms with Crippen LogP contribution in [0.2, 0.25) is 0 Å². The summed E-state index contributed by atoms with van der Waals surface area (Å²) in [5, 5.41) is 2.81. The number of nitrogens with zero attached hydrogens (tertiary/aromatic N) is 17. The smallest absolute Gasteiger partial charge is 0.247 e. The van der Waals surface area contributed by atoms with Crippen LogP contribution in [0.3, 0.4) is 0 Å². The number of rotatable bonds is 13. The second kappa shape index (κ2) is 27.8. The molecule has 12 aromatic rings. The van der Waals surface area contributed by atoms with Crippen molar-refractivity contribution in [3.8, 4) is 68.5 Å². The van der Waals surface area contributed by atoms with Gasteiger partial charge in [-0.15, -0.1) is 0 Å². The van der Waals surface area contributed by atoms with Crippen LogP contribution in [0.4, 0.5) is 48.3 Å². The van der Waals surface area contributed by atoms with Gasteiger partial charge in [-0.3, -0.25) is 9.59 Å². The molecule has 0 radical (unpaired) electrons. The highest BCUT2D eigenvalue weighted by Gasteiger charge is 2.24. The van der Waals surface area contributed by atoms with Crippen LogP contribution in [0, 0.1) is 24.4 Å². The van der Waals surface area contributed by atoms with E-state index in [1.807, 2.05) is 94.4 Å². The van der Waals surface area contributed by atoms with Crippen molar-refractivity contribution < 1.29 is 41.7 Å². The lowest BCUT2D eigenvalue weighted by atomic mass is 10.1. The summed E-state index contributed by atoms with van der Waals surface area (Å²) in [6, 6.07) is 22.5. The number of aryl methyl sites for hydroxylation is 1. The molecule has 14 rings (SSSR count). The Kier molecular flexibility index (Phi) is 18.7. The molecule has 4 aromatic carbocycles. The Morgan fingerprint density at radius 3 is 1.36 bits per heavy atom. The summed E-state index contributed by atoms with van der Waals surface area (Å²) in [6.07, 6.45) is 8.01. The quantitative estimate of drug-likeness (QED) is 0.0674. The normalized spacial score (nSPS) is 12.3. The maximum Gasteiger partial charge on any atom is 0.247 e. The number of hydrogen-bond acceptors (Lipinski definition) is 26. The molecular formula is C63H57F3N22O6. The topological polar surface area (TPSA) is 397 Å². The van der Waals surface area contributed by atoms with Gasteiger partial charge in [-0.05, 0) is 82.5 Å². The zero-order valence-electron chi connectivity index (χ0n) is 51.0. The molecule has 0 unspecified atom stereocenters. The molecule has 2 aliphatic rings. The third-order valence-electron chi connectivity index (χ3n) is 14.0. The molecule has 31 heteroatoms. The molecule has 2 aliphatic heterocycles. The fraction of sp³-hybridized carbons (Fsp3) is 0.206. The minimum atomic E-state index is -1.29. The Balaban J connectivity index is 0.000000128. The zero-order chi connectivity index (χ0) is 66.2. The first-order chi connectivity index (χ1) is 45.5. The maximum absolute atomic E-state index is 13.9. The SMILES string of the molecule is CCOc1nc(N)nc2ncc(-c3cc(F)c(F)cc3F)nc12.CCOc1nc(N)nc2ncc(-c3ccc(N4CCCC4=O)cc3)nc12.CCOc1nc(N)nc2ncc(-c3ccc4c(c3)CC(=O)N4)nc12.CCOc1nc(N)nc2ncc(-c3ccccc3C)nc12.